The zero-order valence-electron chi connectivity index (χ0n) is 20.3. The van der Waals surface area contributed by atoms with E-state index in [9.17, 15) is 0 Å². The second-order valence-electron chi connectivity index (χ2n) is 9.27. The van der Waals surface area contributed by atoms with Crippen molar-refractivity contribution in [3.05, 3.63) is 102 Å². The molecule has 0 saturated carbocycles. The Bertz CT molecular complexity index is 1550. The van der Waals surface area contributed by atoms with Crippen molar-refractivity contribution in [2.75, 3.05) is 6.54 Å². The lowest BCUT2D eigenvalue weighted by Gasteiger charge is -2.21. The van der Waals surface area contributed by atoms with E-state index in [-0.39, 0.29) is 12.0 Å². The van der Waals surface area contributed by atoms with Gasteiger partial charge in [0.05, 0.1) is 0 Å². The Morgan fingerprint density at radius 3 is 2.46 bits per heavy atom. The molecule has 1 saturated heterocycles. The summed E-state index contributed by atoms with van der Waals surface area (Å²) in [6, 6.07) is 30.8. The summed E-state index contributed by atoms with van der Waals surface area (Å²) in [5.41, 5.74) is 10.1. The van der Waals surface area contributed by atoms with Crippen LogP contribution < -0.4 is 10.5 Å². The summed E-state index contributed by atoms with van der Waals surface area (Å²) in [6.07, 6.45) is 1.79. The van der Waals surface area contributed by atoms with Crippen LogP contribution in [-0.4, -0.2) is 27.5 Å². The molecule has 7 nitrogen and oxygen atoms in total. The maximum atomic E-state index is 7.77. The molecule has 1 aliphatic heterocycles. The minimum atomic E-state index is -0.131. The number of guanidine groups is 1. The monoisotopic (exact) mass is 489 g/mol. The molecule has 0 spiro atoms. The van der Waals surface area contributed by atoms with Crippen molar-refractivity contribution < 1.29 is 9.26 Å². The smallest absolute Gasteiger partial charge is 0.249 e. The number of aromatic nitrogens is 2. The number of hydrogen-bond donors (Lipinski definition) is 2. The Balaban J connectivity index is 1.14. The van der Waals surface area contributed by atoms with Gasteiger partial charge in [0.1, 0.15) is 18.4 Å². The van der Waals surface area contributed by atoms with Gasteiger partial charge in [-0.3, -0.25) is 5.41 Å². The van der Waals surface area contributed by atoms with Gasteiger partial charge < -0.3 is 19.9 Å². The van der Waals surface area contributed by atoms with Gasteiger partial charge in [-0.2, -0.15) is 4.98 Å². The molecule has 1 aromatic heterocycles. The normalized spacial score (nSPS) is 15.2. The molecule has 7 heteroatoms. The highest BCUT2D eigenvalue weighted by Crippen LogP contribution is 2.32. The van der Waals surface area contributed by atoms with Gasteiger partial charge in [0.2, 0.25) is 11.7 Å². The Morgan fingerprint density at radius 1 is 0.919 bits per heavy atom. The molecule has 0 bridgehead atoms. The lowest BCUT2D eigenvalue weighted by atomic mass is 10.0. The minimum Gasteiger partial charge on any atom is -0.489 e. The number of hydrogen-bond acceptors (Lipinski definition) is 5. The van der Waals surface area contributed by atoms with Crippen molar-refractivity contribution in [3.63, 3.8) is 0 Å². The Labute approximate surface area is 215 Å². The van der Waals surface area contributed by atoms with E-state index in [1.807, 2.05) is 54.6 Å². The van der Waals surface area contributed by atoms with Crippen LogP contribution in [0.25, 0.3) is 33.3 Å². The van der Waals surface area contributed by atoms with Crippen LogP contribution in [0.1, 0.15) is 30.3 Å². The quantitative estimate of drug-likeness (QED) is 0.219. The predicted molar refractivity (Wildman–Crippen MR) is 144 cm³/mol. The molecule has 3 N–H and O–H groups in total. The summed E-state index contributed by atoms with van der Waals surface area (Å²) in [4.78, 5) is 6.41. The van der Waals surface area contributed by atoms with Gasteiger partial charge in [0.25, 0.3) is 0 Å². The van der Waals surface area contributed by atoms with Crippen LogP contribution in [0.5, 0.6) is 5.75 Å². The molecule has 37 heavy (non-hydrogen) atoms. The molecule has 0 aliphatic carbocycles. The molecule has 0 unspecified atom stereocenters. The first-order valence-electron chi connectivity index (χ1n) is 12.4. The van der Waals surface area contributed by atoms with E-state index < -0.39 is 0 Å². The van der Waals surface area contributed by atoms with Crippen molar-refractivity contribution in [1.82, 2.24) is 15.0 Å². The third-order valence-corrected chi connectivity index (χ3v) is 6.83. The molecular weight excluding hydrogens is 462 g/mol. The number of fused-ring (bicyclic) bond motifs is 1. The highest BCUT2D eigenvalue weighted by atomic mass is 16.5. The van der Waals surface area contributed by atoms with E-state index in [0.717, 1.165) is 47.0 Å². The highest BCUT2D eigenvalue weighted by Gasteiger charge is 2.31. The van der Waals surface area contributed by atoms with E-state index in [4.69, 9.17) is 20.4 Å². The summed E-state index contributed by atoms with van der Waals surface area (Å²) >= 11 is 0. The summed E-state index contributed by atoms with van der Waals surface area (Å²) in [5.74, 6) is 1.89. The van der Waals surface area contributed by atoms with Crippen LogP contribution in [0.2, 0.25) is 0 Å². The van der Waals surface area contributed by atoms with Gasteiger partial charge in [-0.15, -0.1) is 0 Å². The van der Waals surface area contributed by atoms with Crippen LogP contribution in [0, 0.1) is 5.41 Å². The van der Waals surface area contributed by atoms with Crippen LogP contribution >= 0.6 is 0 Å². The van der Waals surface area contributed by atoms with Gasteiger partial charge in [-0.25, -0.2) is 0 Å². The fourth-order valence-electron chi connectivity index (χ4n) is 4.84. The van der Waals surface area contributed by atoms with Crippen LogP contribution in [0.15, 0.2) is 95.5 Å². The van der Waals surface area contributed by atoms with Gasteiger partial charge in [-0.1, -0.05) is 78.0 Å². The Morgan fingerprint density at radius 2 is 1.65 bits per heavy atom. The third-order valence-electron chi connectivity index (χ3n) is 6.83. The largest absolute Gasteiger partial charge is 0.489 e. The van der Waals surface area contributed by atoms with E-state index >= 15 is 0 Å². The first-order chi connectivity index (χ1) is 18.1. The van der Waals surface area contributed by atoms with E-state index in [1.165, 1.54) is 11.1 Å². The molecule has 6 rings (SSSR count). The molecule has 0 radical (unpaired) electrons. The first kappa shape index (κ1) is 22.8. The molecular formula is C30H27N5O2. The topological polar surface area (TPSA) is 101 Å². The van der Waals surface area contributed by atoms with Crippen molar-refractivity contribution >= 4 is 16.7 Å². The molecule has 1 atom stereocenters. The summed E-state index contributed by atoms with van der Waals surface area (Å²) in [7, 11) is 0. The van der Waals surface area contributed by atoms with E-state index in [1.54, 1.807) is 4.90 Å². The predicted octanol–water partition coefficient (Wildman–Crippen LogP) is 6.17. The van der Waals surface area contributed by atoms with Crippen LogP contribution in [0.4, 0.5) is 0 Å². The maximum absolute atomic E-state index is 7.77. The molecule has 2 heterocycles. The number of benzene rings is 4. The van der Waals surface area contributed by atoms with Crippen LogP contribution in [0.3, 0.4) is 0 Å². The van der Waals surface area contributed by atoms with Crippen molar-refractivity contribution in [3.8, 4) is 28.3 Å². The zero-order chi connectivity index (χ0) is 25.2. The Kier molecular flexibility index (Phi) is 6.02. The molecule has 1 aliphatic rings. The van der Waals surface area contributed by atoms with Crippen molar-refractivity contribution in [1.29, 1.82) is 5.41 Å². The van der Waals surface area contributed by atoms with E-state index in [2.05, 4.69) is 46.5 Å². The van der Waals surface area contributed by atoms with Crippen molar-refractivity contribution in [2.45, 2.75) is 25.5 Å². The summed E-state index contributed by atoms with van der Waals surface area (Å²) in [5, 5.41) is 14.1. The number of nitrogens with one attached hydrogen (secondary N) is 1. The molecule has 184 valence electrons. The Hall–Kier alpha value is -4.65. The number of nitrogens with two attached hydrogens (primary N) is 1. The van der Waals surface area contributed by atoms with Gasteiger partial charge in [0.15, 0.2) is 5.96 Å². The van der Waals surface area contributed by atoms with E-state index in [0.29, 0.717) is 18.3 Å². The van der Waals surface area contributed by atoms with Crippen molar-refractivity contribution in [2.24, 2.45) is 5.73 Å². The third kappa shape index (κ3) is 4.76. The minimum absolute atomic E-state index is 0.0372. The average Bonchev–Trinajstić information content (AvgIpc) is 3.63. The second-order valence-corrected chi connectivity index (χ2v) is 9.27. The number of rotatable bonds is 6. The molecule has 1 fully saturated rings. The SMILES string of the molecule is N=C(N)N1CCC[C@H]1c1nc(-c2ccc3cc(OCc4ccc(-c5ccccc5)cc4)ccc3c2)no1. The lowest BCUT2D eigenvalue weighted by molar-refractivity contribution is 0.283. The number of likely N-dealkylation sites (tertiary alicyclic amines) is 1. The second kappa shape index (κ2) is 9.78. The maximum Gasteiger partial charge on any atom is 0.249 e. The fraction of sp³-hybridized carbons (Fsp3) is 0.167. The fourth-order valence-corrected chi connectivity index (χ4v) is 4.84. The van der Waals surface area contributed by atoms with Gasteiger partial charge in [0, 0.05) is 12.1 Å². The average molecular weight is 490 g/mol. The number of nitrogens with zero attached hydrogens (tertiary/aromatic N) is 3. The molecule has 5 aromatic rings. The molecule has 4 aromatic carbocycles. The highest BCUT2D eigenvalue weighted by molar-refractivity contribution is 5.87. The number of ether oxygens (including phenoxy) is 1. The first-order valence-corrected chi connectivity index (χ1v) is 12.4. The van der Waals surface area contributed by atoms with Gasteiger partial charge in [-0.05, 0) is 58.5 Å². The summed E-state index contributed by atoms with van der Waals surface area (Å²) in [6.45, 7) is 1.24. The zero-order valence-corrected chi connectivity index (χ0v) is 20.3. The van der Waals surface area contributed by atoms with Gasteiger partial charge >= 0.3 is 0 Å². The standard InChI is InChI=1S/C30H27N5O2/c31-30(32)35-16-4-7-27(35)29-33-28(34-37-29)25-13-12-24-18-26(15-14-23(24)17-25)36-19-20-8-10-22(11-9-20)21-5-2-1-3-6-21/h1-3,5-6,8-15,17-18,27H,4,7,16,19H2,(H3,31,32)/t27-/m0/s1. The van der Waals surface area contributed by atoms with Crippen LogP contribution in [-0.2, 0) is 6.61 Å². The lowest BCUT2D eigenvalue weighted by Crippen LogP contribution is -2.35. The molecule has 0 amide bonds. The summed E-state index contributed by atoms with van der Waals surface area (Å²) < 4.78 is 11.6.